The Bertz CT molecular complexity index is 1070. The highest BCUT2D eigenvalue weighted by molar-refractivity contribution is 9.10. The van der Waals surface area contributed by atoms with E-state index in [0.29, 0.717) is 10.5 Å². The first-order valence-electron chi connectivity index (χ1n) is 10.0. The number of carbonyl (C=O) groups excluding carboxylic acids is 2. The Morgan fingerprint density at radius 2 is 1.58 bits per heavy atom. The van der Waals surface area contributed by atoms with E-state index in [2.05, 4.69) is 15.9 Å². The number of anilines is 1. The molecule has 4 nitrogen and oxygen atoms in total. The minimum absolute atomic E-state index is 0.113. The summed E-state index contributed by atoms with van der Waals surface area (Å²) in [6.45, 7) is 6.39. The molecule has 1 unspecified atom stereocenters. The average molecular weight is 566 g/mol. The van der Waals surface area contributed by atoms with Gasteiger partial charge in [0.25, 0.3) is 5.91 Å². The van der Waals surface area contributed by atoms with E-state index in [1.165, 1.54) is 30.0 Å². The molecule has 2 aromatic rings. The topological polar surface area (TPSA) is 40.6 Å². The second kappa shape index (κ2) is 8.78. The lowest BCUT2D eigenvalue weighted by molar-refractivity contribution is -0.194. The highest BCUT2D eigenvalue weighted by atomic mass is 79.9. The monoisotopic (exact) mass is 564 g/mol. The molecule has 1 saturated heterocycles. The second-order valence-corrected chi connectivity index (χ2v) is 11.1. The summed E-state index contributed by atoms with van der Waals surface area (Å²) in [5, 5.41) is 0.432. The predicted molar refractivity (Wildman–Crippen MR) is 126 cm³/mol. The summed E-state index contributed by atoms with van der Waals surface area (Å²) >= 11 is 15.6. The predicted octanol–water partition coefficient (Wildman–Crippen LogP) is 6.87. The molecule has 10 heteroatoms. The molecule has 1 aliphatic rings. The van der Waals surface area contributed by atoms with Crippen LogP contribution in [0.4, 0.5) is 18.9 Å². The van der Waals surface area contributed by atoms with Crippen molar-refractivity contribution in [2.75, 3.05) is 4.90 Å². The van der Waals surface area contributed by atoms with Crippen LogP contribution in [0.25, 0.3) is 0 Å². The van der Waals surface area contributed by atoms with Crippen molar-refractivity contribution in [3.8, 4) is 0 Å². The van der Waals surface area contributed by atoms with Crippen LogP contribution in [-0.2, 0) is 16.0 Å². The Morgan fingerprint density at radius 1 is 1.06 bits per heavy atom. The van der Waals surface area contributed by atoms with Gasteiger partial charge in [-0.15, -0.1) is 0 Å². The summed E-state index contributed by atoms with van der Waals surface area (Å²) in [5.41, 5.74) is -1.93. The maximum Gasteiger partial charge on any atom is 0.471 e. The van der Waals surface area contributed by atoms with Gasteiger partial charge in [-0.05, 0) is 42.8 Å². The maximum atomic E-state index is 13.9. The summed E-state index contributed by atoms with van der Waals surface area (Å²) in [7, 11) is 0. The van der Waals surface area contributed by atoms with Gasteiger partial charge in [0.1, 0.15) is 11.7 Å². The molecule has 2 atom stereocenters. The fraction of sp³-hybridized carbons (Fsp3) is 0.391. The molecular weight excluding hydrogens is 544 g/mol. The zero-order chi connectivity index (χ0) is 24.9. The van der Waals surface area contributed by atoms with Crippen LogP contribution in [0.2, 0.25) is 10.0 Å². The first kappa shape index (κ1) is 25.8. The van der Waals surface area contributed by atoms with Gasteiger partial charge in [-0.1, -0.05) is 72.0 Å². The van der Waals surface area contributed by atoms with Gasteiger partial charge in [0.2, 0.25) is 0 Å². The van der Waals surface area contributed by atoms with Gasteiger partial charge in [-0.3, -0.25) is 19.4 Å². The number of rotatable bonds is 3. The van der Waals surface area contributed by atoms with Gasteiger partial charge in [0, 0.05) is 32.0 Å². The number of hydrogen-bond acceptors (Lipinski definition) is 2. The van der Waals surface area contributed by atoms with Crippen LogP contribution >= 0.6 is 39.1 Å². The van der Waals surface area contributed by atoms with E-state index < -0.39 is 35.1 Å². The average Bonchev–Trinajstić information content (AvgIpc) is 2.89. The highest BCUT2D eigenvalue weighted by Gasteiger charge is 2.64. The van der Waals surface area contributed by atoms with Gasteiger partial charge in [0.15, 0.2) is 0 Å². The van der Waals surface area contributed by atoms with Crippen molar-refractivity contribution in [1.82, 2.24) is 4.90 Å². The number of nitrogens with zero attached hydrogens (tertiary/aromatic N) is 2. The van der Waals surface area contributed by atoms with Crippen molar-refractivity contribution < 1.29 is 22.8 Å². The summed E-state index contributed by atoms with van der Waals surface area (Å²) < 4.78 is 42.2. The van der Waals surface area contributed by atoms with Crippen LogP contribution in [0.3, 0.4) is 0 Å². The third kappa shape index (κ3) is 5.03. The second-order valence-electron chi connectivity index (χ2n) is 9.29. The van der Waals surface area contributed by atoms with Crippen molar-refractivity contribution in [1.29, 1.82) is 0 Å². The minimum Gasteiger partial charge on any atom is -0.299 e. The van der Waals surface area contributed by atoms with E-state index in [4.69, 9.17) is 23.2 Å². The Labute approximate surface area is 208 Å². The Hall–Kier alpha value is -1.77. The molecule has 178 valence electrons. The number of hydrogen-bond donors (Lipinski definition) is 0. The molecule has 1 aliphatic heterocycles. The fourth-order valence-corrected chi connectivity index (χ4v) is 4.98. The van der Waals surface area contributed by atoms with E-state index in [0.717, 1.165) is 4.47 Å². The highest BCUT2D eigenvalue weighted by Crippen LogP contribution is 2.46. The van der Waals surface area contributed by atoms with Crippen molar-refractivity contribution in [2.45, 2.75) is 52.0 Å². The van der Waals surface area contributed by atoms with Crippen LogP contribution < -0.4 is 4.90 Å². The van der Waals surface area contributed by atoms with E-state index in [9.17, 15) is 22.8 Å². The standard InChI is InChI=1S/C23H22BrCl2F3N2O2/c1-21(2,3)18-30(17-10-15(25)9-16(26)11-17)19(32)22(4,31(18)20(33)23(27,28)29)12-13-5-7-14(24)8-6-13/h5-11,18H,12H2,1-4H3/t18?,22-/m1/s1. The molecule has 0 radical (unpaired) electrons. The minimum atomic E-state index is -5.17. The lowest BCUT2D eigenvalue weighted by Crippen LogP contribution is -2.59. The number of benzene rings is 2. The number of halogens is 6. The molecule has 2 amide bonds. The van der Waals surface area contributed by atoms with Crippen LogP contribution in [0.15, 0.2) is 46.9 Å². The van der Waals surface area contributed by atoms with Gasteiger partial charge < -0.3 is 0 Å². The van der Waals surface area contributed by atoms with Crippen molar-refractivity contribution >= 4 is 56.6 Å². The van der Waals surface area contributed by atoms with E-state index >= 15 is 0 Å². The van der Waals surface area contributed by atoms with Crippen LogP contribution in [-0.4, -0.2) is 34.6 Å². The van der Waals surface area contributed by atoms with Gasteiger partial charge in [0.05, 0.1) is 0 Å². The SMILES string of the molecule is CC(C)(C)C1N(c2cc(Cl)cc(Cl)c2)C(=O)[C@@](C)(Cc2ccc(Br)cc2)N1C(=O)C(F)(F)F. The lowest BCUT2D eigenvalue weighted by atomic mass is 9.87. The van der Waals surface area contributed by atoms with Crippen molar-refractivity contribution in [3.63, 3.8) is 0 Å². The molecule has 0 saturated carbocycles. The van der Waals surface area contributed by atoms with Crippen molar-refractivity contribution in [3.05, 3.63) is 62.5 Å². The molecule has 0 bridgehead atoms. The molecule has 0 spiro atoms. The largest absolute Gasteiger partial charge is 0.471 e. The Balaban J connectivity index is 2.26. The molecular formula is C23H22BrCl2F3N2O2. The van der Waals surface area contributed by atoms with E-state index in [1.807, 2.05) is 0 Å². The third-order valence-electron chi connectivity index (χ3n) is 5.52. The third-order valence-corrected chi connectivity index (χ3v) is 6.49. The van der Waals surface area contributed by atoms with Gasteiger partial charge in [-0.25, -0.2) is 0 Å². The Kier molecular flexibility index (Phi) is 6.88. The van der Waals surface area contributed by atoms with Gasteiger partial charge in [-0.2, -0.15) is 13.2 Å². The van der Waals surface area contributed by atoms with E-state index in [1.54, 1.807) is 45.0 Å². The zero-order valence-corrected chi connectivity index (χ0v) is 21.4. The molecule has 0 aromatic heterocycles. The lowest BCUT2D eigenvalue weighted by Gasteiger charge is -2.42. The summed E-state index contributed by atoms with van der Waals surface area (Å²) in [4.78, 5) is 28.6. The van der Waals surface area contributed by atoms with Crippen LogP contribution in [0.5, 0.6) is 0 Å². The summed E-state index contributed by atoms with van der Waals surface area (Å²) in [6.07, 6.45) is -6.53. The first-order valence-corrected chi connectivity index (χ1v) is 11.6. The number of alkyl halides is 3. The summed E-state index contributed by atoms with van der Waals surface area (Å²) in [6, 6.07) is 11.2. The molecule has 0 N–H and O–H groups in total. The fourth-order valence-electron chi connectivity index (χ4n) is 4.20. The first-order chi connectivity index (χ1) is 15.1. The van der Waals surface area contributed by atoms with Crippen LogP contribution in [0, 0.1) is 5.41 Å². The summed E-state index contributed by atoms with van der Waals surface area (Å²) in [5.74, 6) is -2.73. The number of amides is 2. The van der Waals surface area contributed by atoms with Gasteiger partial charge >= 0.3 is 12.1 Å². The van der Waals surface area contributed by atoms with Crippen molar-refractivity contribution in [2.24, 2.45) is 5.41 Å². The Morgan fingerprint density at radius 3 is 2.03 bits per heavy atom. The normalized spacial score (nSPS) is 21.6. The maximum absolute atomic E-state index is 13.9. The molecule has 2 aromatic carbocycles. The number of carbonyl (C=O) groups is 2. The molecule has 3 rings (SSSR count). The molecule has 0 aliphatic carbocycles. The molecule has 1 fully saturated rings. The van der Waals surface area contributed by atoms with Crippen LogP contribution in [0.1, 0.15) is 33.3 Å². The van der Waals surface area contributed by atoms with E-state index in [-0.39, 0.29) is 22.2 Å². The molecule has 1 heterocycles. The smallest absolute Gasteiger partial charge is 0.299 e. The zero-order valence-electron chi connectivity index (χ0n) is 18.3. The molecule has 33 heavy (non-hydrogen) atoms. The quantitative estimate of drug-likeness (QED) is 0.407.